The molecule has 3 rings (SSSR count). The molecule has 0 spiro atoms. The number of fused-ring (bicyclic) bond motifs is 1. The number of aliphatic carboxylic acids is 1. The van der Waals surface area contributed by atoms with E-state index in [1.807, 2.05) is 4.90 Å². The second kappa shape index (κ2) is 4.31. The molecule has 0 saturated carbocycles. The Bertz CT molecular complexity index is 625. The van der Waals surface area contributed by atoms with E-state index >= 15 is 0 Å². The summed E-state index contributed by atoms with van der Waals surface area (Å²) >= 11 is 0. The van der Waals surface area contributed by atoms with Crippen LogP contribution < -0.4 is 0 Å². The van der Waals surface area contributed by atoms with Gasteiger partial charge in [0.15, 0.2) is 9.84 Å². The van der Waals surface area contributed by atoms with Gasteiger partial charge in [-0.05, 0) is 31.0 Å². The third-order valence-corrected chi connectivity index (χ3v) is 5.77. The molecule has 2 atom stereocenters. The van der Waals surface area contributed by atoms with E-state index in [-0.39, 0.29) is 11.8 Å². The van der Waals surface area contributed by atoms with Gasteiger partial charge in [0, 0.05) is 0 Å². The fourth-order valence-electron chi connectivity index (χ4n) is 3.13. The van der Waals surface area contributed by atoms with Gasteiger partial charge in [-0.2, -0.15) is 0 Å². The van der Waals surface area contributed by atoms with Crippen LogP contribution in [-0.4, -0.2) is 42.7 Å². The maximum absolute atomic E-state index is 12.1. The molecule has 5 nitrogen and oxygen atoms in total. The first kappa shape index (κ1) is 12.6. The van der Waals surface area contributed by atoms with E-state index in [9.17, 15) is 18.3 Å². The summed E-state index contributed by atoms with van der Waals surface area (Å²) in [6.45, 7) is 0.644. The van der Waals surface area contributed by atoms with Crippen molar-refractivity contribution in [2.75, 3.05) is 12.3 Å². The van der Waals surface area contributed by atoms with Crippen molar-refractivity contribution in [2.45, 2.75) is 29.8 Å². The molecule has 0 aromatic heterocycles. The lowest BCUT2D eigenvalue weighted by molar-refractivity contribution is -0.142. The summed E-state index contributed by atoms with van der Waals surface area (Å²) in [4.78, 5) is 13.4. The van der Waals surface area contributed by atoms with Crippen LogP contribution in [0.15, 0.2) is 29.2 Å². The van der Waals surface area contributed by atoms with Crippen LogP contribution in [0.1, 0.15) is 24.4 Å². The van der Waals surface area contributed by atoms with Crippen molar-refractivity contribution in [2.24, 2.45) is 0 Å². The van der Waals surface area contributed by atoms with Crippen LogP contribution in [0.4, 0.5) is 0 Å². The lowest BCUT2D eigenvalue weighted by Crippen LogP contribution is -2.39. The van der Waals surface area contributed by atoms with E-state index in [2.05, 4.69) is 0 Å². The van der Waals surface area contributed by atoms with Crippen LogP contribution in [0.3, 0.4) is 0 Å². The number of carboxylic acid groups (broad SMARTS) is 1. The van der Waals surface area contributed by atoms with Crippen LogP contribution >= 0.6 is 0 Å². The van der Waals surface area contributed by atoms with Crippen molar-refractivity contribution in [3.05, 3.63) is 29.8 Å². The minimum atomic E-state index is -3.28. The first-order valence-corrected chi connectivity index (χ1v) is 7.96. The lowest BCUT2D eigenvalue weighted by Gasteiger charge is -2.27. The molecule has 6 heteroatoms. The lowest BCUT2D eigenvalue weighted by atomic mass is 10.1. The molecule has 0 amide bonds. The van der Waals surface area contributed by atoms with Gasteiger partial charge in [-0.1, -0.05) is 18.2 Å². The van der Waals surface area contributed by atoms with Crippen LogP contribution in [-0.2, 0) is 14.6 Å². The quantitative estimate of drug-likeness (QED) is 0.877. The van der Waals surface area contributed by atoms with Gasteiger partial charge < -0.3 is 5.11 Å². The van der Waals surface area contributed by atoms with Gasteiger partial charge in [0.05, 0.1) is 16.7 Å². The van der Waals surface area contributed by atoms with Crippen molar-refractivity contribution in [3.63, 3.8) is 0 Å². The predicted octanol–water partition coefficient (Wildman–Crippen LogP) is 1.06. The number of rotatable bonds is 2. The molecular formula is C13H15NO4S. The van der Waals surface area contributed by atoms with Gasteiger partial charge in [-0.25, -0.2) is 8.42 Å². The third-order valence-electron chi connectivity index (χ3n) is 3.97. The van der Waals surface area contributed by atoms with Crippen LogP contribution in [0, 0.1) is 0 Å². The highest BCUT2D eigenvalue weighted by Crippen LogP contribution is 2.40. The van der Waals surface area contributed by atoms with E-state index < -0.39 is 21.8 Å². The fraction of sp³-hybridized carbons (Fsp3) is 0.462. The Morgan fingerprint density at radius 1 is 1.32 bits per heavy atom. The molecule has 1 fully saturated rings. The molecule has 0 aliphatic carbocycles. The maximum Gasteiger partial charge on any atom is 0.320 e. The highest BCUT2D eigenvalue weighted by Gasteiger charge is 2.43. The average molecular weight is 281 g/mol. The van der Waals surface area contributed by atoms with Crippen molar-refractivity contribution < 1.29 is 18.3 Å². The third kappa shape index (κ3) is 1.95. The smallest absolute Gasteiger partial charge is 0.320 e. The average Bonchev–Trinajstić information content (AvgIpc) is 2.93. The van der Waals surface area contributed by atoms with E-state index in [0.717, 1.165) is 12.0 Å². The number of carboxylic acids is 1. The highest BCUT2D eigenvalue weighted by atomic mass is 32.2. The standard InChI is InChI=1S/C13H15NO4S/c15-13(16)10-5-3-7-14(10)11-8-19(17,18)12-6-2-1-4-9(11)12/h1-2,4,6,10-11H,3,5,7-8H2,(H,15,16). The number of carbonyl (C=O) groups is 1. The molecule has 0 bridgehead atoms. The van der Waals surface area contributed by atoms with Crippen molar-refractivity contribution in [1.29, 1.82) is 0 Å². The minimum Gasteiger partial charge on any atom is -0.480 e. The van der Waals surface area contributed by atoms with E-state index in [4.69, 9.17) is 0 Å². The summed E-state index contributed by atoms with van der Waals surface area (Å²) in [5.41, 5.74) is 0.746. The van der Waals surface area contributed by atoms with Crippen LogP contribution in [0.5, 0.6) is 0 Å². The van der Waals surface area contributed by atoms with E-state index in [1.165, 1.54) is 0 Å². The molecule has 1 saturated heterocycles. The molecule has 1 aromatic carbocycles. The topological polar surface area (TPSA) is 74.7 Å². The number of nitrogens with zero attached hydrogens (tertiary/aromatic N) is 1. The van der Waals surface area contributed by atoms with Crippen molar-refractivity contribution >= 4 is 15.8 Å². The number of benzene rings is 1. The van der Waals surface area contributed by atoms with Gasteiger partial charge in [0.2, 0.25) is 0 Å². The molecule has 0 radical (unpaired) electrons. The minimum absolute atomic E-state index is 0.00384. The molecule has 2 unspecified atom stereocenters. The second-order valence-corrected chi connectivity index (χ2v) is 7.07. The zero-order chi connectivity index (χ0) is 13.6. The van der Waals surface area contributed by atoms with Gasteiger partial charge in [0.1, 0.15) is 6.04 Å². The van der Waals surface area contributed by atoms with Crippen molar-refractivity contribution in [1.82, 2.24) is 4.90 Å². The molecular weight excluding hydrogens is 266 g/mol. The normalized spacial score (nSPS) is 29.3. The summed E-state index contributed by atoms with van der Waals surface area (Å²) in [5.74, 6) is -0.866. The van der Waals surface area contributed by atoms with Crippen molar-refractivity contribution in [3.8, 4) is 0 Å². The Kier molecular flexibility index (Phi) is 2.87. The summed E-state index contributed by atoms with van der Waals surface area (Å²) < 4.78 is 24.2. The maximum atomic E-state index is 12.1. The molecule has 102 valence electrons. The summed E-state index contributed by atoms with van der Waals surface area (Å²) in [7, 11) is -3.28. The Hall–Kier alpha value is -1.40. The summed E-state index contributed by atoms with van der Waals surface area (Å²) in [6.07, 6.45) is 1.39. The number of hydrogen-bond donors (Lipinski definition) is 1. The van der Waals surface area contributed by atoms with Crippen LogP contribution in [0.25, 0.3) is 0 Å². The Morgan fingerprint density at radius 3 is 2.79 bits per heavy atom. The number of sulfone groups is 1. The van der Waals surface area contributed by atoms with Gasteiger partial charge in [0.25, 0.3) is 0 Å². The Morgan fingerprint density at radius 2 is 2.05 bits per heavy atom. The zero-order valence-electron chi connectivity index (χ0n) is 10.3. The van der Waals surface area contributed by atoms with E-state index in [0.29, 0.717) is 17.9 Å². The molecule has 1 aromatic rings. The fourth-order valence-corrected chi connectivity index (χ4v) is 4.94. The molecule has 2 aliphatic rings. The SMILES string of the molecule is O=C(O)C1CCCN1C1CS(=O)(=O)c2ccccc21. The molecule has 2 aliphatic heterocycles. The molecule has 1 N–H and O–H groups in total. The largest absolute Gasteiger partial charge is 0.480 e. The molecule has 2 heterocycles. The Labute approximate surface area is 111 Å². The summed E-state index contributed by atoms with van der Waals surface area (Å²) in [6, 6.07) is 6.03. The summed E-state index contributed by atoms with van der Waals surface area (Å²) in [5, 5.41) is 9.23. The monoisotopic (exact) mass is 281 g/mol. The highest BCUT2D eigenvalue weighted by molar-refractivity contribution is 7.91. The van der Waals surface area contributed by atoms with Gasteiger partial charge >= 0.3 is 5.97 Å². The van der Waals surface area contributed by atoms with E-state index in [1.54, 1.807) is 24.3 Å². The predicted molar refractivity (Wildman–Crippen MR) is 68.6 cm³/mol. The second-order valence-electron chi connectivity index (χ2n) is 5.07. The number of likely N-dealkylation sites (tertiary alicyclic amines) is 1. The number of hydrogen-bond acceptors (Lipinski definition) is 4. The van der Waals surface area contributed by atoms with Crippen LogP contribution in [0.2, 0.25) is 0 Å². The first-order valence-electron chi connectivity index (χ1n) is 6.31. The first-order chi connectivity index (χ1) is 9.00. The van der Waals surface area contributed by atoms with Gasteiger partial charge in [-0.15, -0.1) is 0 Å². The Balaban J connectivity index is 2.02. The molecule has 19 heavy (non-hydrogen) atoms. The zero-order valence-corrected chi connectivity index (χ0v) is 11.1. The van der Waals surface area contributed by atoms with Gasteiger partial charge in [-0.3, -0.25) is 9.69 Å².